The predicted octanol–water partition coefficient (Wildman–Crippen LogP) is 4.97. The van der Waals surface area contributed by atoms with E-state index in [2.05, 4.69) is 72.8 Å². The molecule has 0 atom stereocenters. The largest absolute Gasteiger partial charge is 0.0843 e. The van der Waals surface area contributed by atoms with Crippen LogP contribution in [0.5, 0.6) is 0 Å². The Balaban J connectivity index is 1.95. The van der Waals surface area contributed by atoms with E-state index in [0.29, 0.717) is 0 Å². The first-order valence-electron chi connectivity index (χ1n) is 6.95. The Labute approximate surface area is 132 Å². The molecule has 0 aliphatic carbocycles. The first-order valence-corrected chi connectivity index (χ1v) is 8.85. The molecule has 0 saturated heterocycles. The summed E-state index contributed by atoms with van der Waals surface area (Å²) < 4.78 is 0. The molecule has 104 valence electrons. The molecule has 3 aromatic rings. The summed E-state index contributed by atoms with van der Waals surface area (Å²) in [6.07, 6.45) is 1.04. The van der Waals surface area contributed by atoms with E-state index in [-0.39, 0.29) is 7.92 Å². The molecular weight excluding hydrogens is 295 g/mol. The zero-order valence-electron chi connectivity index (χ0n) is 11.6. The van der Waals surface area contributed by atoms with Crippen LogP contribution in [0, 0.1) is 0 Å². The van der Waals surface area contributed by atoms with E-state index in [1.807, 2.05) is 12.1 Å². The fourth-order valence-corrected chi connectivity index (χ4v) is 4.75. The molecule has 0 fully saturated rings. The molecule has 0 unspecified atom stereocenters. The highest BCUT2D eigenvalue weighted by Gasteiger charge is 2.13. The van der Waals surface area contributed by atoms with Gasteiger partial charge in [-0.15, -0.1) is 0 Å². The number of halogens is 1. The summed E-state index contributed by atoms with van der Waals surface area (Å²) in [7, 11) is -0.380. The van der Waals surface area contributed by atoms with Crippen LogP contribution in [-0.4, -0.2) is 0 Å². The zero-order chi connectivity index (χ0) is 14.5. The third kappa shape index (κ3) is 3.73. The average molecular weight is 311 g/mol. The van der Waals surface area contributed by atoms with Crippen molar-refractivity contribution >= 4 is 30.1 Å². The van der Waals surface area contributed by atoms with Gasteiger partial charge in [0, 0.05) is 11.2 Å². The van der Waals surface area contributed by atoms with Gasteiger partial charge in [-0.2, -0.15) is 0 Å². The second kappa shape index (κ2) is 6.89. The molecule has 0 heterocycles. The van der Waals surface area contributed by atoms with Crippen molar-refractivity contribution in [1.82, 2.24) is 0 Å². The average Bonchev–Trinajstić information content (AvgIpc) is 2.56. The van der Waals surface area contributed by atoms with Crippen LogP contribution in [0.15, 0.2) is 84.9 Å². The van der Waals surface area contributed by atoms with Gasteiger partial charge < -0.3 is 0 Å². The molecular formula is C19H16ClP. The molecule has 0 bridgehead atoms. The van der Waals surface area contributed by atoms with Gasteiger partial charge in [-0.05, 0) is 36.2 Å². The van der Waals surface area contributed by atoms with Gasteiger partial charge in [-0.3, -0.25) is 0 Å². The third-order valence-corrected chi connectivity index (χ3v) is 6.17. The molecule has 2 heteroatoms. The third-order valence-electron chi connectivity index (χ3n) is 3.39. The molecule has 0 N–H and O–H groups in total. The number of benzene rings is 3. The van der Waals surface area contributed by atoms with Gasteiger partial charge in [0.05, 0.1) is 0 Å². The summed E-state index contributed by atoms with van der Waals surface area (Å²) in [6, 6.07) is 29.8. The van der Waals surface area contributed by atoms with Gasteiger partial charge in [-0.25, -0.2) is 0 Å². The summed E-state index contributed by atoms with van der Waals surface area (Å²) in [5, 5.41) is 3.62. The molecule has 0 amide bonds. The predicted molar refractivity (Wildman–Crippen MR) is 94.2 cm³/mol. The summed E-state index contributed by atoms with van der Waals surface area (Å²) in [6.45, 7) is 0. The maximum absolute atomic E-state index is 5.99. The Hall–Kier alpha value is -1.62. The first-order chi connectivity index (χ1) is 10.3. The van der Waals surface area contributed by atoms with Crippen LogP contribution in [0.25, 0.3) is 0 Å². The van der Waals surface area contributed by atoms with Crippen molar-refractivity contribution in [2.75, 3.05) is 0 Å². The second-order valence-corrected chi connectivity index (χ2v) is 7.53. The van der Waals surface area contributed by atoms with Crippen LogP contribution in [0.4, 0.5) is 0 Å². The fourth-order valence-electron chi connectivity index (χ4n) is 2.32. The lowest BCUT2D eigenvalue weighted by molar-refractivity contribution is 1.40. The Morgan fingerprint density at radius 2 is 1.10 bits per heavy atom. The Morgan fingerprint density at radius 1 is 0.619 bits per heavy atom. The quantitative estimate of drug-likeness (QED) is 0.597. The minimum atomic E-state index is -0.380. The van der Waals surface area contributed by atoms with Crippen LogP contribution < -0.4 is 10.6 Å². The molecule has 0 aromatic heterocycles. The normalized spacial score (nSPS) is 10.8. The molecule has 3 rings (SSSR count). The summed E-state index contributed by atoms with van der Waals surface area (Å²) in [5.41, 5.74) is 1.33. The zero-order valence-corrected chi connectivity index (χ0v) is 13.3. The SMILES string of the molecule is Clc1ccc(CP(c2ccccc2)c2ccccc2)cc1. The van der Waals surface area contributed by atoms with Crippen LogP contribution >= 0.6 is 19.5 Å². The highest BCUT2D eigenvalue weighted by Crippen LogP contribution is 2.37. The van der Waals surface area contributed by atoms with Crippen LogP contribution in [-0.2, 0) is 6.16 Å². The molecule has 0 nitrogen and oxygen atoms in total. The molecule has 0 spiro atoms. The number of hydrogen-bond acceptors (Lipinski definition) is 0. The summed E-state index contributed by atoms with van der Waals surface area (Å²) in [5.74, 6) is 0. The highest BCUT2D eigenvalue weighted by molar-refractivity contribution is 7.72. The standard InChI is InChI=1S/C19H16ClP/c20-17-13-11-16(12-14-17)15-21(18-7-3-1-4-8-18)19-9-5-2-6-10-19/h1-14H,15H2. The van der Waals surface area contributed by atoms with Gasteiger partial charge in [-0.1, -0.05) is 84.4 Å². The van der Waals surface area contributed by atoms with Crippen LogP contribution in [0.1, 0.15) is 5.56 Å². The summed E-state index contributed by atoms with van der Waals surface area (Å²) in [4.78, 5) is 0. The van der Waals surface area contributed by atoms with Crippen molar-refractivity contribution in [3.63, 3.8) is 0 Å². The smallest absolute Gasteiger partial charge is 0.0406 e. The van der Waals surface area contributed by atoms with Gasteiger partial charge in [0.1, 0.15) is 0 Å². The van der Waals surface area contributed by atoms with E-state index in [0.717, 1.165) is 11.2 Å². The summed E-state index contributed by atoms with van der Waals surface area (Å²) >= 11 is 5.99. The van der Waals surface area contributed by atoms with Crippen molar-refractivity contribution in [3.05, 3.63) is 95.5 Å². The second-order valence-electron chi connectivity index (χ2n) is 4.88. The fraction of sp³-hybridized carbons (Fsp3) is 0.0526. The van der Waals surface area contributed by atoms with Crippen LogP contribution in [0.2, 0.25) is 5.02 Å². The van der Waals surface area contributed by atoms with Gasteiger partial charge in [0.2, 0.25) is 0 Å². The van der Waals surface area contributed by atoms with E-state index >= 15 is 0 Å². The van der Waals surface area contributed by atoms with Gasteiger partial charge >= 0.3 is 0 Å². The van der Waals surface area contributed by atoms with Crippen molar-refractivity contribution in [1.29, 1.82) is 0 Å². The monoisotopic (exact) mass is 310 g/mol. The minimum absolute atomic E-state index is 0.380. The van der Waals surface area contributed by atoms with Gasteiger partial charge in [0.25, 0.3) is 0 Å². The minimum Gasteiger partial charge on any atom is -0.0843 e. The molecule has 21 heavy (non-hydrogen) atoms. The van der Waals surface area contributed by atoms with Crippen molar-refractivity contribution in [2.24, 2.45) is 0 Å². The van der Waals surface area contributed by atoms with Crippen LogP contribution in [0.3, 0.4) is 0 Å². The lowest BCUT2D eigenvalue weighted by Gasteiger charge is -2.19. The topological polar surface area (TPSA) is 0 Å². The molecule has 0 aliphatic heterocycles. The Morgan fingerprint density at radius 3 is 1.57 bits per heavy atom. The molecule has 0 radical (unpaired) electrons. The molecule has 3 aromatic carbocycles. The first kappa shape index (κ1) is 14.3. The van der Waals surface area contributed by atoms with E-state index in [1.165, 1.54) is 16.2 Å². The lowest BCUT2D eigenvalue weighted by atomic mass is 10.2. The van der Waals surface area contributed by atoms with E-state index in [1.54, 1.807) is 0 Å². The lowest BCUT2D eigenvalue weighted by Crippen LogP contribution is -2.12. The highest BCUT2D eigenvalue weighted by atomic mass is 35.5. The maximum Gasteiger partial charge on any atom is 0.0406 e. The van der Waals surface area contributed by atoms with E-state index in [9.17, 15) is 0 Å². The number of hydrogen-bond donors (Lipinski definition) is 0. The van der Waals surface area contributed by atoms with E-state index < -0.39 is 0 Å². The Bertz CT molecular complexity index is 638. The molecule has 0 aliphatic rings. The van der Waals surface area contributed by atoms with Crippen molar-refractivity contribution < 1.29 is 0 Å². The van der Waals surface area contributed by atoms with Crippen molar-refractivity contribution in [3.8, 4) is 0 Å². The van der Waals surface area contributed by atoms with Crippen molar-refractivity contribution in [2.45, 2.75) is 6.16 Å². The van der Waals surface area contributed by atoms with E-state index in [4.69, 9.17) is 11.6 Å². The molecule has 0 saturated carbocycles. The maximum atomic E-state index is 5.99. The Kier molecular flexibility index (Phi) is 4.70. The number of rotatable bonds is 4. The van der Waals surface area contributed by atoms with Gasteiger partial charge in [0.15, 0.2) is 0 Å².